The van der Waals surface area contributed by atoms with Crippen molar-refractivity contribution in [2.24, 2.45) is 0 Å². The first kappa shape index (κ1) is 16.1. The summed E-state index contributed by atoms with van der Waals surface area (Å²) in [6.45, 7) is 8.95. The number of nitrogens with zero attached hydrogens (tertiary/aromatic N) is 2. The first-order chi connectivity index (χ1) is 8.50. The molecular formula is C10H19N2O3PS2. The van der Waals surface area contributed by atoms with Crippen molar-refractivity contribution in [1.29, 1.82) is 0 Å². The van der Waals surface area contributed by atoms with Gasteiger partial charge in [0, 0.05) is 5.92 Å². The Kier molecular flexibility index (Phi) is 6.81. The van der Waals surface area contributed by atoms with Gasteiger partial charge in [-0.3, -0.25) is 0 Å². The predicted molar refractivity (Wildman–Crippen MR) is 77.2 cm³/mol. The number of rotatable bonds is 8. The summed E-state index contributed by atoms with van der Waals surface area (Å²) in [5, 5.41) is 3.91. The quantitative estimate of drug-likeness (QED) is 0.678. The topological polar surface area (TPSA) is 57.4 Å². The van der Waals surface area contributed by atoms with Crippen LogP contribution in [0.15, 0.2) is 4.52 Å². The predicted octanol–water partition coefficient (Wildman–Crippen LogP) is 3.72. The van der Waals surface area contributed by atoms with Gasteiger partial charge in [-0.05, 0) is 25.7 Å². The van der Waals surface area contributed by atoms with E-state index < -0.39 is 5.69 Å². The van der Waals surface area contributed by atoms with E-state index in [0.717, 1.165) is 0 Å². The summed E-state index contributed by atoms with van der Waals surface area (Å²) in [6.07, 6.45) is 0. The maximum absolute atomic E-state index is 5.52. The lowest BCUT2D eigenvalue weighted by Crippen LogP contribution is -1.93. The van der Waals surface area contributed by atoms with E-state index in [1.807, 2.05) is 27.7 Å². The van der Waals surface area contributed by atoms with Crippen LogP contribution in [0.1, 0.15) is 45.3 Å². The van der Waals surface area contributed by atoms with Crippen molar-refractivity contribution in [2.45, 2.75) is 39.4 Å². The zero-order chi connectivity index (χ0) is 13.6. The molecule has 0 amide bonds. The fraction of sp³-hybridized carbons (Fsp3) is 0.800. The maximum Gasteiger partial charge on any atom is 0.247 e. The van der Waals surface area contributed by atoms with E-state index in [0.29, 0.717) is 30.7 Å². The van der Waals surface area contributed by atoms with Crippen LogP contribution in [0, 0.1) is 0 Å². The highest BCUT2D eigenvalue weighted by Gasteiger charge is 2.21. The van der Waals surface area contributed by atoms with E-state index in [1.165, 1.54) is 11.4 Å². The third kappa shape index (κ3) is 4.97. The average Bonchev–Trinajstić information content (AvgIpc) is 2.76. The Balaban J connectivity index is 2.58. The molecule has 1 rings (SSSR count). The molecule has 0 fully saturated rings. The van der Waals surface area contributed by atoms with Crippen LogP contribution in [-0.2, 0) is 26.6 Å². The van der Waals surface area contributed by atoms with Gasteiger partial charge in [0.15, 0.2) is 5.82 Å². The highest BCUT2D eigenvalue weighted by atomic mass is 32.9. The van der Waals surface area contributed by atoms with Crippen LogP contribution >= 0.6 is 17.1 Å². The van der Waals surface area contributed by atoms with Gasteiger partial charge < -0.3 is 13.6 Å². The number of hydrogen-bond acceptors (Lipinski definition) is 7. The molecule has 0 atom stereocenters. The van der Waals surface area contributed by atoms with E-state index >= 15 is 0 Å². The summed E-state index contributed by atoms with van der Waals surface area (Å²) < 4.78 is 16.2. The summed E-state index contributed by atoms with van der Waals surface area (Å²) >= 11 is 6.83. The zero-order valence-electron chi connectivity index (χ0n) is 11.1. The fourth-order valence-electron chi connectivity index (χ4n) is 1.12. The van der Waals surface area contributed by atoms with Crippen molar-refractivity contribution in [3.8, 4) is 0 Å². The first-order valence-electron chi connectivity index (χ1n) is 5.86. The standard InChI is InChI=1S/C10H19N2O3PS2/c1-5-13-16(17,14-6-2)18-7-9-11-10(8(3)4)12-15-9/h8H,5-7H2,1-4H3. The SMILES string of the molecule is CCOP(=S)(OCC)SCc1nc(C(C)C)no1. The first-order valence-corrected chi connectivity index (χ1v) is 10.1. The van der Waals surface area contributed by atoms with Gasteiger partial charge in [0.05, 0.1) is 19.0 Å². The van der Waals surface area contributed by atoms with Crippen LogP contribution in [0.4, 0.5) is 0 Å². The Morgan fingerprint density at radius 3 is 2.39 bits per heavy atom. The molecule has 0 unspecified atom stereocenters. The third-order valence-corrected chi connectivity index (χ3v) is 7.31. The van der Waals surface area contributed by atoms with E-state index in [-0.39, 0.29) is 5.92 Å². The van der Waals surface area contributed by atoms with Gasteiger partial charge in [0.25, 0.3) is 0 Å². The molecule has 5 nitrogen and oxygen atoms in total. The minimum absolute atomic E-state index is 0.259. The molecule has 18 heavy (non-hydrogen) atoms. The summed E-state index contributed by atoms with van der Waals surface area (Å²) in [6, 6.07) is 0. The fourth-order valence-corrected chi connectivity index (χ4v) is 5.36. The van der Waals surface area contributed by atoms with E-state index in [4.69, 9.17) is 25.4 Å². The lowest BCUT2D eigenvalue weighted by molar-refractivity contribution is 0.280. The van der Waals surface area contributed by atoms with Crippen LogP contribution < -0.4 is 0 Å². The molecule has 0 radical (unpaired) electrons. The average molecular weight is 310 g/mol. The van der Waals surface area contributed by atoms with Gasteiger partial charge in [-0.1, -0.05) is 30.4 Å². The molecule has 0 aromatic carbocycles. The van der Waals surface area contributed by atoms with Crippen molar-refractivity contribution in [1.82, 2.24) is 10.1 Å². The smallest absolute Gasteiger partial charge is 0.247 e. The van der Waals surface area contributed by atoms with Crippen molar-refractivity contribution in [2.75, 3.05) is 13.2 Å². The van der Waals surface area contributed by atoms with E-state index in [1.54, 1.807) is 0 Å². The molecule has 1 aromatic rings. The highest BCUT2D eigenvalue weighted by Crippen LogP contribution is 2.61. The Bertz CT molecular complexity index is 402. The second-order valence-electron chi connectivity index (χ2n) is 3.76. The Labute approximate surface area is 117 Å². The van der Waals surface area contributed by atoms with Crippen LogP contribution in [-0.4, -0.2) is 23.4 Å². The molecule has 0 saturated heterocycles. The second kappa shape index (κ2) is 7.60. The monoisotopic (exact) mass is 310 g/mol. The molecule has 0 spiro atoms. The van der Waals surface area contributed by atoms with Crippen molar-refractivity contribution >= 4 is 28.9 Å². The van der Waals surface area contributed by atoms with Crippen molar-refractivity contribution < 1.29 is 13.6 Å². The summed E-state index contributed by atoms with van der Waals surface area (Å²) in [7, 11) is 0. The largest absolute Gasteiger partial charge is 0.338 e. The van der Waals surface area contributed by atoms with Crippen molar-refractivity contribution in [3.05, 3.63) is 11.7 Å². The van der Waals surface area contributed by atoms with Crippen LogP contribution in [0.2, 0.25) is 0 Å². The molecule has 0 aliphatic rings. The normalized spacial score (nSPS) is 12.3. The molecule has 0 N–H and O–H groups in total. The minimum Gasteiger partial charge on any atom is -0.338 e. The lowest BCUT2D eigenvalue weighted by atomic mass is 10.2. The zero-order valence-corrected chi connectivity index (χ0v) is 13.6. The molecule has 104 valence electrons. The van der Waals surface area contributed by atoms with E-state index in [9.17, 15) is 0 Å². The van der Waals surface area contributed by atoms with Gasteiger partial charge >= 0.3 is 0 Å². The van der Waals surface area contributed by atoms with Crippen LogP contribution in [0.5, 0.6) is 0 Å². The Morgan fingerprint density at radius 1 is 1.33 bits per heavy atom. The highest BCUT2D eigenvalue weighted by molar-refractivity contribution is 8.67. The molecule has 0 aliphatic carbocycles. The van der Waals surface area contributed by atoms with Crippen molar-refractivity contribution in [3.63, 3.8) is 0 Å². The number of aromatic nitrogens is 2. The summed E-state index contributed by atoms with van der Waals surface area (Å²) in [5.41, 5.74) is -2.28. The van der Waals surface area contributed by atoms with E-state index in [2.05, 4.69) is 10.1 Å². The van der Waals surface area contributed by atoms with Gasteiger partial charge in [-0.2, -0.15) is 4.98 Å². The maximum atomic E-state index is 5.52. The Morgan fingerprint density at radius 2 is 1.94 bits per heavy atom. The van der Waals surface area contributed by atoms with Crippen LogP contribution in [0.3, 0.4) is 0 Å². The second-order valence-corrected chi connectivity index (χ2v) is 10.1. The lowest BCUT2D eigenvalue weighted by Gasteiger charge is -2.18. The van der Waals surface area contributed by atoms with Gasteiger partial charge in [-0.15, -0.1) is 0 Å². The summed E-state index contributed by atoms with van der Waals surface area (Å²) in [4.78, 5) is 4.29. The molecule has 0 saturated carbocycles. The molecular weight excluding hydrogens is 291 g/mol. The van der Waals surface area contributed by atoms with Gasteiger partial charge in [-0.25, -0.2) is 0 Å². The van der Waals surface area contributed by atoms with Crippen LogP contribution in [0.25, 0.3) is 0 Å². The molecule has 0 bridgehead atoms. The summed E-state index contributed by atoms with van der Waals surface area (Å²) in [5.74, 6) is 2.06. The molecule has 1 heterocycles. The molecule has 8 heteroatoms. The molecule has 1 aromatic heterocycles. The Hall–Kier alpha value is 0.0600. The number of hydrogen-bond donors (Lipinski definition) is 0. The molecule has 0 aliphatic heterocycles. The van der Waals surface area contributed by atoms with Gasteiger partial charge in [0.1, 0.15) is 0 Å². The van der Waals surface area contributed by atoms with Gasteiger partial charge in [0.2, 0.25) is 11.6 Å². The minimum atomic E-state index is -2.28. The third-order valence-electron chi connectivity index (χ3n) is 1.92.